The van der Waals surface area contributed by atoms with Gasteiger partial charge in [-0.1, -0.05) is 44.1 Å². The van der Waals surface area contributed by atoms with Crippen LogP contribution in [0.4, 0.5) is 18.9 Å². The number of carbonyl (C=O) groups excluding carboxylic acids is 1. The second-order valence-electron chi connectivity index (χ2n) is 6.45. The molecular formula is C15H17ClF3N5OS. The summed E-state index contributed by atoms with van der Waals surface area (Å²) in [4.78, 5) is 12.0. The number of nitrogens with zero attached hydrogens (tertiary/aromatic N) is 3. The van der Waals surface area contributed by atoms with Crippen LogP contribution in [0.25, 0.3) is 0 Å². The molecule has 142 valence electrons. The Bertz CT molecular complexity index is 817. The Morgan fingerprint density at radius 3 is 2.50 bits per heavy atom. The quantitative estimate of drug-likeness (QED) is 0.596. The molecule has 0 unspecified atom stereocenters. The van der Waals surface area contributed by atoms with Crippen molar-refractivity contribution in [2.24, 2.45) is 0 Å². The summed E-state index contributed by atoms with van der Waals surface area (Å²) >= 11 is 6.58. The molecule has 1 heterocycles. The van der Waals surface area contributed by atoms with Gasteiger partial charge in [-0.3, -0.25) is 4.79 Å². The van der Waals surface area contributed by atoms with Gasteiger partial charge >= 0.3 is 6.18 Å². The minimum Gasteiger partial charge on any atom is -0.336 e. The monoisotopic (exact) mass is 407 g/mol. The van der Waals surface area contributed by atoms with Crippen LogP contribution in [0, 0.1) is 0 Å². The van der Waals surface area contributed by atoms with Gasteiger partial charge in [0.05, 0.1) is 17.0 Å². The number of nitrogens with two attached hydrogens (primary N) is 1. The number of rotatable bonds is 4. The van der Waals surface area contributed by atoms with Crippen LogP contribution in [-0.4, -0.2) is 26.5 Å². The predicted molar refractivity (Wildman–Crippen MR) is 94.7 cm³/mol. The maximum absolute atomic E-state index is 13.0. The van der Waals surface area contributed by atoms with Crippen molar-refractivity contribution in [3.05, 3.63) is 34.6 Å². The molecule has 0 aliphatic rings. The molecule has 0 bridgehead atoms. The topological polar surface area (TPSA) is 85.8 Å². The third-order valence-corrected chi connectivity index (χ3v) is 4.41. The summed E-state index contributed by atoms with van der Waals surface area (Å²) in [6, 6.07) is 3.14. The van der Waals surface area contributed by atoms with Gasteiger partial charge in [-0.05, 0) is 18.2 Å². The van der Waals surface area contributed by atoms with E-state index in [1.807, 2.05) is 20.8 Å². The van der Waals surface area contributed by atoms with Crippen LogP contribution in [0.2, 0.25) is 5.02 Å². The molecule has 0 radical (unpaired) electrons. The molecule has 2 aromatic rings. The van der Waals surface area contributed by atoms with Crippen molar-refractivity contribution in [3.8, 4) is 0 Å². The minimum absolute atomic E-state index is 0.0735. The van der Waals surface area contributed by atoms with Crippen molar-refractivity contribution < 1.29 is 18.0 Å². The number of alkyl halides is 3. The molecule has 0 saturated heterocycles. The number of thioether (sulfide) groups is 1. The molecule has 11 heteroatoms. The van der Waals surface area contributed by atoms with Gasteiger partial charge in [0, 0.05) is 10.4 Å². The average molecular weight is 408 g/mol. The molecule has 26 heavy (non-hydrogen) atoms. The molecule has 0 fully saturated rings. The van der Waals surface area contributed by atoms with Gasteiger partial charge in [-0.2, -0.15) is 13.2 Å². The van der Waals surface area contributed by atoms with E-state index >= 15 is 0 Å². The Labute approximate surface area is 157 Å². The van der Waals surface area contributed by atoms with E-state index in [0.717, 1.165) is 23.9 Å². The first-order valence-electron chi connectivity index (χ1n) is 7.40. The highest BCUT2D eigenvalue weighted by Gasteiger charge is 2.34. The zero-order valence-electron chi connectivity index (χ0n) is 14.2. The maximum Gasteiger partial charge on any atom is 0.418 e. The first kappa shape index (κ1) is 20.4. The fourth-order valence-electron chi connectivity index (χ4n) is 2.06. The summed E-state index contributed by atoms with van der Waals surface area (Å²) in [5.41, 5.74) is -1.72. The molecular weight excluding hydrogens is 391 g/mol. The maximum atomic E-state index is 13.0. The Balaban J connectivity index is 2.08. The van der Waals surface area contributed by atoms with E-state index in [1.54, 1.807) is 0 Å². The first-order valence-corrected chi connectivity index (χ1v) is 8.76. The first-order chi connectivity index (χ1) is 11.9. The second-order valence-corrected chi connectivity index (χ2v) is 7.83. The highest BCUT2D eigenvalue weighted by Crippen LogP contribution is 2.36. The molecule has 0 saturated carbocycles. The lowest BCUT2D eigenvalue weighted by atomic mass is 9.96. The normalized spacial score (nSPS) is 12.3. The summed E-state index contributed by atoms with van der Waals surface area (Å²) in [6.45, 7) is 5.71. The lowest BCUT2D eigenvalue weighted by Crippen LogP contribution is -2.24. The van der Waals surface area contributed by atoms with Gasteiger partial charge in [-0.15, -0.1) is 10.2 Å². The highest BCUT2D eigenvalue weighted by molar-refractivity contribution is 7.99. The van der Waals surface area contributed by atoms with Crippen molar-refractivity contribution in [3.63, 3.8) is 0 Å². The largest absolute Gasteiger partial charge is 0.418 e. The Hall–Kier alpha value is -1.94. The van der Waals surface area contributed by atoms with E-state index < -0.39 is 17.6 Å². The van der Waals surface area contributed by atoms with Crippen LogP contribution >= 0.6 is 23.4 Å². The number of hydrogen-bond acceptors (Lipinski definition) is 5. The number of halogens is 4. The van der Waals surface area contributed by atoms with Crippen LogP contribution in [-0.2, 0) is 16.4 Å². The van der Waals surface area contributed by atoms with Crippen molar-refractivity contribution >= 4 is 35.0 Å². The van der Waals surface area contributed by atoms with Gasteiger partial charge < -0.3 is 11.2 Å². The van der Waals surface area contributed by atoms with Gasteiger partial charge in [-0.25, -0.2) is 4.68 Å². The number of nitrogen functional groups attached to an aromatic ring is 1. The van der Waals surface area contributed by atoms with Gasteiger partial charge in [0.2, 0.25) is 11.1 Å². The number of anilines is 1. The number of benzene rings is 1. The standard InChI is InChI=1S/C15H17ClF3N5OS/c1-14(2,3)12-22-23-13(24(12)20)26-7-11(25)21-10-5-4-8(16)6-9(10)15(17,18)19/h4-6H,7,20H2,1-3H3,(H,21,25). The zero-order chi connectivity index (χ0) is 19.7. The summed E-state index contributed by atoms with van der Waals surface area (Å²) in [7, 11) is 0. The smallest absolute Gasteiger partial charge is 0.336 e. The molecule has 0 aliphatic heterocycles. The molecule has 1 amide bonds. The summed E-state index contributed by atoms with van der Waals surface area (Å²) in [5, 5.41) is 10.3. The fraction of sp³-hybridized carbons (Fsp3) is 0.400. The summed E-state index contributed by atoms with van der Waals surface area (Å²) < 4.78 is 40.4. The Kier molecular flexibility index (Phi) is 5.76. The molecule has 6 nitrogen and oxygen atoms in total. The Morgan fingerprint density at radius 1 is 1.31 bits per heavy atom. The van der Waals surface area contributed by atoms with E-state index in [0.29, 0.717) is 5.82 Å². The average Bonchev–Trinajstić information content (AvgIpc) is 2.87. The number of aromatic nitrogens is 3. The van der Waals surface area contributed by atoms with Crippen LogP contribution in [0.15, 0.2) is 23.4 Å². The predicted octanol–water partition coefficient (Wildman–Crippen LogP) is 3.69. The number of nitrogens with one attached hydrogen (secondary N) is 1. The number of hydrogen-bond donors (Lipinski definition) is 2. The van der Waals surface area contributed by atoms with E-state index in [9.17, 15) is 18.0 Å². The number of amides is 1. The molecule has 3 N–H and O–H groups in total. The van der Waals surface area contributed by atoms with Crippen LogP contribution in [0.5, 0.6) is 0 Å². The number of carbonyl (C=O) groups is 1. The minimum atomic E-state index is -4.64. The van der Waals surface area contributed by atoms with Crippen molar-refractivity contribution in [2.75, 3.05) is 16.9 Å². The highest BCUT2D eigenvalue weighted by atomic mass is 35.5. The SMILES string of the molecule is CC(C)(C)c1nnc(SCC(=O)Nc2ccc(Cl)cc2C(F)(F)F)n1N. The third kappa shape index (κ3) is 4.82. The summed E-state index contributed by atoms with van der Waals surface area (Å²) in [5.74, 6) is 5.61. The Morgan fingerprint density at radius 2 is 1.96 bits per heavy atom. The molecule has 0 aliphatic carbocycles. The van der Waals surface area contributed by atoms with E-state index in [2.05, 4.69) is 15.5 Å². The van der Waals surface area contributed by atoms with Gasteiger partial charge in [0.15, 0.2) is 5.82 Å². The van der Waals surface area contributed by atoms with Crippen molar-refractivity contribution in [1.82, 2.24) is 14.9 Å². The van der Waals surface area contributed by atoms with Crippen LogP contribution < -0.4 is 11.2 Å². The molecule has 1 aromatic heterocycles. The van der Waals surface area contributed by atoms with E-state index in [4.69, 9.17) is 17.4 Å². The lowest BCUT2D eigenvalue weighted by Gasteiger charge is -2.16. The molecule has 2 rings (SSSR count). The van der Waals surface area contributed by atoms with Crippen molar-refractivity contribution in [2.45, 2.75) is 37.5 Å². The fourth-order valence-corrected chi connectivity index (χ4v) is 2.89. The van der Waals surface area contributed by atoms with Crippen LogP contribution in [0.3, 0.4) is 0 Å². The second kappa shape index (κ2) is 7.36. The third-order valence-electron chi connectivity index (χ3n) is 3.23. The van der Waals surface area contributed by atoms with Gasteiger partial charge in [0.1, 0.15) is 0 Å². The van der Waals surface area contributed by atoms with Crippen molar-refractivity contribution in [1.29, 1.82) is 0 Å². The molecule has 0 atom stereocenters. The molecule has 0 spiro atoms. The lowest BCUT2D eigenvalue weighted by molar-refractivity contribution is -0.137. The molecule has 1 aromatic carbocycles. The van der Waals surface area contributed by atoms with E-state index in [1.165, 1.54) is 10.7 Å². The van der Waals surface area contributed by atoms with E-state index in [-0.39, 0.29) is 27.0 Å². The van der Waals surface area contributed by atoms with Gasteiger partial charge in [0.25, 0.3) is 0 Å². The van der Waals surface area contributed by atoms with Crippen LogP contribution in [0.1, 0.15) is 32.2 Å². The summed E-state index contributed by atoms with van der Waals surface area (Å²) in [6.07, 6.45) is -4.64. The zero-order valence-corrected chi connectivity index (χ0v) is 15.8.